The van der Waals surface area contributed by atoms with Crippen molar-refractivity contribution in [1.29, 1.82) is 0 Å². The van der Waals surface area contributed by atoms with Gasteiger partial charge in [0.1, 0.15) is 11.8 Å². The molecule has 1 aliphatic heterocycles. The van der Waals surface area contributed by atoms with Crippen LogP contribution in [-0.4, -0.2) is 45.8 Å². The highest BCUT2D eigenvalue weighted by molar-refractivity contribution is 9.10. The molecular weight excluding hydrogens is 394 g/mol. The molecule has 0 unspecified atom stereocenters. The summed E-state index contributed by atoms with van der Waals surface area (Å²) >= 11 is 3.58. The number of rotatable bonds is 4. The molecule has 0 atom stereocenters. The maximum Gasteiger partial charge on any atom is 0.152 e. The Bertz CT molecular complexity index is 919. The monoisotopic (exact) mass is 415 g/mol. The lowest BCUT2D eigenvalue weighted by atomic mass is 10.0. The fraction of sp³-hybridized carbons (Fsp3) is 0.368. The third-order valence-corrected chi connectivity index (χ3v) is 5.61. The van der Waals surface area contributed by atoms with Crippen molar-refractivity contribution in [2.75, 3.05) is 26.0 Å². The number of nitrogens with two attached hydrogens (primary N) is 1. The molecule has 0 spiro atoms. The lowest BCUT2D eigenvalue weighted by molar-refractivity contribution is 0.0407. The molecule has 3 aromatic rings. The number of benzene rings is 1. The number of hydrogen-bond acceptors (Lipinski definition) is 5. The predicted octanol–water partition coefficient (Wildman–Crippen LogP) is 3.35. The number of nitrogen functional groups attached to an aromatic ring is 1. The molecule has 0 saturated carbocycles. The molecule has 0 amide bonds. The van der Waals surface area contributed by atoms with Gasteiger partial charge in [0, 0.05) is 35.8 Å². The van der Waals surface area contributed by atoms with Crippen LogP contribution in [0.25, 0.3) is 16.8 Å². The molecular formula is C19H22BrN5O. The molecule has 1 aliphatic rings. The first-order chi connectivity index (χ1) is 12.6. The van der Waals surface area contributed by atoms with Crippen molar-refractivity contribution in [3.05, 3.63) is 46.7 Å². The first-order valence-corrected chi connectivity index (χ1v) is 9.58. The van der Waals surface area contributed by atoms with Gasteiger partial charge in [-0.2, -0.15) is 5.10 Å². The summed E-state index contributed by atoms with van der Waals surface area (Å²) in [5, 5.41) is 4.37. The van der Waals surface area contributed by atoms with Crippen LogP contribution in [0, 0.1) is 0 Å². The first kappa shape index (κ1) is 17.5. The van der Waals surface area contributed by atoms with E-state index in [-0.39, 0.29) is 0 Å². The maximum absolute atomic E-state index is 6.01. The van der Waals surface area contributed by atoms with Crippen LogP contribution in [0.1, 0.15) is 18.4 Å². The molecule has 136 valence electrons. The number of ether oxygens (including phenoxy) is 1. The lowest BCUT2D eigenvalue weighted by Gasteiger charge is -2.31. The van der Waals surface area contributed by atoms with Gasteiger partial charge in [0.25, 0.3) is 0 Å². The second-order valence-electron chi connectivity index (χ2n) is 6.74. The summed E-state index contributed by atoms with van der Waals surface area (Å²) in [6, 6.07) is 11.2. The quantitative estimate of drug-likeness (QED) is 0.707. The highest BCUT2D eigenvalue weighted by Crippen LogP contribution is 2.31. The van der Waals surface area contributed by atoms with Crippen molar-refractivity contribution in [3.8, 4) is 11.3 Å². The van der Waals surface area contributed by atoms with Crippen molar-refractivity contribution in [1.82, 2.24) is 19.5 Å². The fourth-order valence-corrected chi connectivity index (χ4v) is 4.19. The van der Waals surface area contributed by atoms with Crippen LogP contribution in [0.5, 0.6) is 0 Å². The van der Waals surface area contributed by atoms with E-state index in [0.717, 1.165) is 53.8 Å². The van der Waals surface area contributed by atoms with E-state index >= 15 is 0 Å². The van der Waals surface area contributed by atoms with Crippen LogP contribution < -0.4 is 5.73 Å². The zero-order chi connectivity index (χ0) is 18.1. The number of halogens is 1. The highest BCUT2D eigenvalue weighted by atomic mass is 79.9. The summed E-state index contributed by atoms with van der Waals surface area (Å²) < 4.78 is 8.21. The molecule has 1 saturated heterocycles. The number of anilines is 1. The SMILES string of the molecule is CN(Cc1cccc(-c2cc(Br)c3c(N)ncnn23)c1)C1CCOCC1. The smallest absolute Gasteiger partial charge is 0.152 e. The van der Waals surface area contributed by atoms with Gasteiger partial charge in [-0.1, -0.05) is 18.2 Å². The van der Waals surface area contributed by atoms with E-state index in [0.29, 0.717) is 11.9 Å². The summed E-state index contributed by atoms with van der Waals surface area (Å²) in [5.74, 6) is 0.466. The van der Waals surface area contributed by atoms with Crippen LogP contribution in [0.2, 0.25) is 0 Å². The van der Waals surface area contributed by atoms with E-state index in [1.807, 2.05) is 10.6 Å². The van der Waals surface area contributed by atoms with Gasteiger partial charge in [-0.05, 0) is 53.5 Å². The second kappa shape index (κ2) is 7.34. The zero-order valence-electron chi connectivity index (χ0n) is 14.7. The molecule has 7 heteroatoms. The van der Waals surface area contributed by atoms with E-state index in [1.165, 1.54) is 11.9 Å². The highest BCUT2D eigenvalue weighted by Gasteiger charge is 2.19. The Morgan fingerprint density at radius 3 is 2.92 bits per heavy atom. The van der Waals surface area contributed by atoms with Crippen LogP contribution >= 0.6 is 15.9 Å². The molecule has 0 radical (unpaired) electrons. The molecule has 0 aliphatic carbocycles. The molecule has 1 aromatic carbocycles. The molecule has 0 bridgehead atoms. The largest absolute Gasteiger partial charge is 0.382 e. The van der Waals surface area contributed by atoms with Crippen molar-refractivity contribution in [2.45, 2.75) is 25.4 Å². The van der Waals surface area contributed by atoms with E-state index in [2.05, 4.69) is 62.2 Å². The average Bonchev–Trinajstić information content (AvgIpc) is 3.01. The normalized spacial score (nSPS) is 15.8. The summed E-state index contributed by atoms with van der Waals surface area (Å²) in [6.45, 7) is 2.64. The van der Waals surface area contributed by atoms with Gasteiger partial charge in [-0.25, -0.2) is 9.50 Å². The van der Waals surface area contributed by atoms with Gasteiger partial charge in [-0.15, -0.1) is 0 Å². The van der Waals surface area contributed by atoms with E-state index in [4.69, 9.17) is 10.5 Å². The predicted molar refractivity (Wildman–Crippen MR) is 106 cm³/mol. The third-order valence-electron chi connectivity index (χ3n) is 5.01. The third kappa shape index (κ3) is 3.34. The number of aromatic nitrogens is 3. The van der Waals surface area contributed by atoms with Crippen molar-refractivity contribution >= 4 is 27.3 Å². The fourth-order valence-electron chi connectivity index (χ4n) is 3.60. The summed E-state index contributed by atoms with van der Waals surface area (Å²) in [5.41, 5.74) is 10.2. The minimum Gasteiger partial charge on any atom is -0.382 e. The second-order valence-corrected chi connectivity index (χ2v) is 7.60. The number of nitrogens with zero attached hydrogens (tertiary/aromatic N) is 4. The summed E-state index contributed by atoms with van der Waals surface area (Å²) in [4.78, 5) is 6.51. The van der Waals surface area contributed by atoms with Gasteiger partial charge >= 0.3 is 0 Å². The molecule has 6 nitrogen and oxygen atoms in total. The zero-order valence-corrected chi connectivity index (χ0v) is 16.3. The standard InChI is InChI=1S/C19H22BrN5O/c1-24(15-5-7-26-8-6-15)11-13-3-2-4-14(9-13)17-10-16(20)18-19(21)22-12-23-25(17)18/h2-4,9-10,12,15H,5-8,11H2,1H3,(H2,21,22,23). The van der Waals surface area contributed by atoms with Gasteiger partial charge < -0.3 is 10.5 Å². The molecule has 2 aromatic heterocycles. The average molecular weight is 416 g/mol. The van der Waals surface area contributed by atoms with Crippen LogP contribution in [0.15, 0.2) is 41.1 Å². The van der Waals surface area contributed by atoms with Crippen LogP contribution in [0.3, 0.4) is 0 Å². The number of hydrogen-bond donors (Lipinski definition) is 1. The first-order valence-electron chi connectivity index (χ1n) is 8.78. The van der Waals surface area contributed by atoms with Gasteiger partial charge in [-0.3, -0.25) is 4.90 Å². The van der Waals surface area contributed by atoms with Crippen molar-refractivity contribution in [2.24, 2.45) is 0 Å². The van der Waals surface area contributed by atoms with Crippen molar-refractivity contribution in [3.63, 3.8) is 0 Å². The van der Waals surface area contributed by atoms with Crippen LogP contribution in [0.4, 0.5) is 5.82 Å². The lowest BCUT2D eigenvalue weighted by Crippen LogP contribution is -2.36. The van der Waals surface area contributed by atoms with Gasteiger partial charge in [0.05, 0.1) is 5.69 Å². The Morgan fingerprint density at radius 1 is 1.31 bits per heavy atom. The van der Waals surface area contributed by atoms with Crippen LogP contribution in [-0.2, 0) is 11.3 Å². The minimum absolute atomic E-state index is 0.466. The molecule has 26 heavy (non-hydrogen) atoms. The van der Waals surface area contributed by atoms with E-state index < -0.39 is 0 Å². The summed E-state index contributed by atoms with van der Waals surface area (Å²) in [7, 11) is 2.19. The van der Waals surface area contributed by atoms with Crippen molar-refractivity contribution < 1.29 is 4.74 Å². The topological polar surface area (TPSA) is 68.7 Å². The van der Waals surface area contributed by atoms with Gasteiger partial charge in [0.2, 0.25) is 0 Å². The van der Waals surface area contributed by atoms with E-state index in [1.54, 1.807) is 0 Å². The number of fused-ring (bicyclic) bond motifs is 1. The molecule has 1 fully saturated rings. The van der Waals surface area contributed by atoms with Gasteiger partial charge in [0.15, 0.2) is 5.82 Å². The molecule has 4 rings (SSSR count). The Balaban J connectivity index is 1.63. The summed E-state index contributed by atoms with van der Waals surface area (Å²) in [6.07, 6.45) is 3.69. The molecule has 2 N–H and O–H groups in total. The minimum atomic E-state index is 0.466. The molecule has 3 heterocycles. The Morgan fingerprint density at radius 2 is 2.12 bits per heavy atom. The van der Waals surface area contributed by atoms with E-state index in [9.17, 15) is 0 Å². The maximum atomic E-state index is 6.01. The Hall–Kier alpha value is -1.96. The Kier molecular flexibility index (Phi) is 4.93. The Labute approximate surface area is 161 Å².